The molecule has 0 atom stereocenters. The summed E-state index contributed by atoms with van der Waals surface area (Å²) in [5.74, 6) is -1.31. The van der Waals surface area contributed by atoms with E-state index in [2.05, 4.69) is 4.98 Å². The first-order chi connectivity index (χ1) is 6.72. The van der Waals surface area contributed by atoms with Gasteiger partial charge < -0.3 is 14.3 Å². The summed E-state index contributed by atoms with van der Waals surface area (Å²) in [6.07, 6.45) is 1.31. The van der Waals surface area contributed by atoms with Gasteiger partial charge in [-0.05, 0) is 6.07 Å². The van der Waals surface area contributed by atoms with Gasteiger partial charge in [0.25, 0.3) is 0 Å². The fraction of sp³-hybridized carbons (Fsp3) is 0.111. The maximum Gasteiger partial charge on any atom is 1.00 e. The van der Waals surface area contributed by atoms with Crippen LogP contribution in [0, 0.1) is 0 Å². The second-order valence-electron chi connectivity index (χ2n) is 2.71. The normalized spacial score (nSPS) is 9.93. The van der Waals surface area contributed by atoms with Crippen molar-refractivity contribution in [3.8, 4) is 0 Å². The summed E-state index contributed by atoms with van der Waals surface area (Å²) in [6, 6.07) is 2.62. The SMILES string of the molecule is O=C([O-])c1ccnc2cc(CF)oc12.[Li+]. The summed E-state index contributed by atoms with van der Waals surface area (Å²) in [5, 5.41) is 10.6. The van der Waals surface area contributed by atoms with Crippen LogP contribution in [0.2, 0.25) is 0 Å². The van der Waals surface area contributed by atoms with E-state index in [9.17, 15) is 14.3 Å². The molecular formula is C9H5FLiNO3. The Morgan fingerprint density at radius 3 is 2.93 bits per heavy atom. The third-order valence-electron chi connectivity index (χ3n) is 1.81. The third-order valence-corrected chi connectivity index (χ3v) is 1.81. The first-order valence-electron chi connectivity index (χ1n) is 3.87. The molecule has 0 aliphatic carbocycles. The maximum atomic E-state index is 12.2. The quantitative estimate of drug-likeness (QED) is 0.511. The van der Waals surface area contributed by atoms with Crippen molar-refractivity contribution in [2.75, 3.05) is 0 Å². The first-order valence-corrected chi connectivity index (χ1v) is 3.87. The van der Waals surface area contributed by atoms with Crippen molar-refractivity contribution in [3.63, 3.8) is 0 Å². The number of halogens is 1. The standard InChI is InChI=1S/C9H6FNO3.Li/c10-4-5-3-7-8(14-5)6(9(12)13)1-2-11-7;/h1-3H,4H2,(H,12,13);/q;+1/p-1. The second kappa shape index (κ2) is 4.47. The van der Waals surface area contributed by atoms with Crippen molar-refractivity contribution < 1.29 is 37.6 Å². The molecule has 0 spiro atoms. The molecule has 0 amide bonds. The Morgan fingerprint density at radius 2 is 2.33 bits per heavy atom. The van der Waals surface area contributed by atoms with Gasteiger partial charge in [0.2, 0.25) is 0 Å². The number of rotatable bonds is 2. The summed E-state index contributed by atoms with van der Waals surface area (Å²) in [5.41, 5.74) is 0.259. The number of pyridine rings is 1. The number of furan rings is 1. The average molecular weight is 201 g/mol. The van der Waals surface area contributed by atoms with Crippen LogP contribution in [-0.4, -0.2) is 11.0 Å². The average Bonchev–Trinajstić information content (AvgIpc) is 2.59. The van der Waals surface area contributed by atoms with Gasteiger partial charge in [0.1, 0.15) is 18.0 Å². The number of aromatic carboxylic acids is 1. The molecule has 2 aromatic rings. The van der Waals surface area contributed by atoms with Gasteiger partial charge in [0, 0.05) is 17.8 Å². The van der Waals surface area contributed by atoms with E-state index < -0.39 is 12.6 Å². The van der Waals surface area contributed by atoms with Gasteiger partial charge in [-0.2, -0.15) is 0 Å². The predicted molar refractivity (Wildman–Crippen MR) is 43.2 cm³/mol. The van der Waals surface area contributed by atoms with Crippen molar-refractivity contribution in [3.05, 3.63) is 29.7 Å². The molecule has 2 aromatic heterocycles. The molecule has 0 radical (unpaired) electrons. The number of alkyl halides is 1. The summed E-state index contributed by atoms with van der Waals surface area (Å²) in [4.78, 5) is 14.5. The first kappa shape index (κ1) is 11.8. The summed E-state index contributed by atoms with van der Waals surface area (Å²) >= 11 is 0. The maximum absolute atomic E-state index is 12.2. The molecule has 0 unspecified atom stereocenters. The van der Waals surface area contributed by atoms with Crippen molar-refractivity contribution in [1.82, 2.24) is 4.98 Å². The van der Waals surface area contributed by atoms with E-state index in [4.69, 9.17) is 4.42 Å². The molecular weight excluding hydrogens is 196 g/mol. The van der Waals surface area contributed by atoms with Crippen LogP contribution >= 0.6 is 0 Å². The summed E-state index contributed by atoms with van der Waals surface area (Å²) in [7, 11) is 0. The second-order valence-corrected chi connectivity index (χ2v) is 2.71. The van der Waals surface area contributed by atoms with Crippen LogP contribution in [0.15, 0.2) is 22.7 Å². The Balaban J connectivity index is 0.00000112. The molecule has 0 N–H and O–H groups in total. The van der Waals surface area contributed by atoms with Crippen LogP contribution in [0.25, 0.3) is 11.1 Å². The molecule has 4 nitrogen and oxygen atoms in total. The van der Waals surface area contributed by atoms with Crippen LogP contribution in [0.1, 0.15) is 16.1 Å². The molecule has 0 fully saturated rings. The molecule has 6 heteroatoms. The Kier molecular flexibility index (Phi) is 3.51. The van der Waals surface area contributed by atoms with E-state index in [0.29, 0.717) is 5.52 Å². The zero-order valence-corrected chi connectivity index (χ0v) is 7.99. The fourth-order valence-corrected chi connectivity index (χ4v) is 1.21. The van der Waals surface area contributed by atoms with Crippen LogP contribution in [0.5, 0.6) is 0 Å². The van der Waals surface area contributed by atoms with Crippen LogP contribution in [0.3, 0.4) is 0 Å². The number of nitrogens with zero attached hydrogens (tertiary/aromatic N) is 1. The number of fused-ring (bicyclic) bond motifs is 1. The molecule has 0 aromatic carbocycles. The minimum absolute atomic E-state index is 0. The molecule has 2 rings (SSSR count). The van der Waals surface area contributed by atoms with Crippen molar-refractivity contribution in [1.29, 1.82) is 0 Å². The van der Waals surface area contributed by atoms with E-state index in [1.54, 1.807) is 0 Å². The molecule has 0 aliphatic rings. The van der Waals surface area contributed by atoms with Crippen molar-refractivity contribution >= 4 is 17.1 Å². The third kappa shape index (κ3) is 2.03. The van der Waals surface area contributed by atoms with Gasteiger partial charge in [-0.15, -0.1) is 0 Å². The van der Waals surface area contributed by atoms with E-state index in [1.165, 1.54) is 18.3 Å². The van der Waals surface area contributed by atoms with Gasteiger partial charge in [-0.1, -0.05) is 0 Å². The monoisotopic (exact) mass is 201 g/mol. The molecule has 0 saturated carbocycles. The molecule has 72 valence electrons. The number of carbonyl (C=O) groups is 1. The van der Waals surface area contributed by atoms with Crippen molar-refractivity contribution in [2.45, 2.75) is 6.67 Å². The minimum Gasteiger partial charge on any atom is -0.545 e. The Labute approximate surface area is 96.3 Å². The number of carboxylic acid groups (broad SMARTS) is 1. The van der Waals surface area contributed by atoms with Gasteiger partial charge in [-0.3, -0.25) is 4.98 Å². The molecule has 15 heavy (non-hydrogen) atoms. The molecule has 0 saturated heterocycles. The number of hydrogen-bond acceptors (Lipinski definition) is 4. The van der Waals surface area contributed by atoms with E-state index >= 15 is 0 Å². The zero-order chi connectivity index (χ0) is 10.1. The van der Waals surface area contributed by atoms with Crippen LogP contribution in [-0.2, 0) is 6.67 Å². The van der Waals surface area contributed by atoms with Crippen molar-refractivity contribution in [2.24, 2.45) is 0 Å². The topological polar surface area (TPSA) is 66.2 Å². The van der Waals surface area contributed by atoms with Gasteiger partial charge in [0.05, 0.1) is 5.97 Å². The van der Waals surface area contributed by atoms with E-state index in [1.807, 2.05) is 0 Å². The van der Waals surface area contributed by atoms with Crippen LogP contribution in [0.4, 0.5) is 4.39 Å². The summed E-state index contributed by atoms with van der Waals surface area (Å²) < 4.78 is 17.2. The Morgan fingerprint density at radius 1 is 1.60 bits per heavy atom. The van der Waals surface area contributed by atoms with E-state index in [-0.39, 0.29) is 35.8 Å². The Hall–Kier alpha value is -1.31. The number of aromatic nitrogens is 1. The van der Waals surface area contributed by atoms with Gasteiger partial charge in [0.15, 0.2) is 5.58 Å². The summed E-state index contributed by atoms with van der Waals surface area (Å²) in [6.45, 7) is -0.789. The Bertz CT molecular complexity index is 497. The number of carboxylic acids is 1. The zero-order valence-electron chi connectivity index (χ0n) is 7.99. The van der Waals surface area contributed by atoms with Gasteiger partial charge in [-0.25, -0.2) is 4.39 Å². The molecule has 0 bridgehead atoms. The minimum atomic E-state index is -1.36. The smallest absolute Gasteiger partial charge is 0.545 e. The molecule has 2 heterocycles. The largest absolute Gasteiger partial charge is 1.00 e. The molecule has 0 aliphatic heterocycles. The number of carbonyl (C=O) groups excluding carboxylic acids is 1. The number of hydrogen-bond donors (Lipinski definition) is 0. The van der Waals surface area contributed by atoms with Crippen LogP contribution < -0.4 is 24.0 Å². The van der Waals surface area contributed by atoms with Gasteiger partial charge >= 0.3 is 18.9 Å². The van der Waals surface area contributed by atoms with E-state index in [0.717, 1.165) is 0 Å². The predicted octanol–water partition coefficient (Wildman–Crippen LogP) is -2.34. The fourth-order valence-electron chi connectivity index (χ4n) is 1.21.